The highest BCUT2D eigenvalue weighted by atomic mass is 16.2. The van der Waals surface area contributed by atoms with E-state index in [-0.39, 0.29) is 17.9 Å². The van der Waals surface area contributed by atoms with E-state index in [1.165, 1.54) is 4.90 Å². The number of hydrogen-bond acceptors (Lipinski definition) is 4. The summed E-state index contributed by atoms with van der Waals surface area (Å²) in [7, 11) is 0. The van der Waals surface area contributed by atoms with Gasteiger partial charge in [0.2, 0.25) is 5.91 Å². The van der Waals surface area contributed by atoms with Crippen LogP contribution in [0.15, 0.2) is 36.4 Å². The second kappa shape index (κ2) is 8.89. The van der Waals surface area contributed by atoms with Gasteiger partial charge in [-0.3, -0.25) is 14.4 Å². The third-order valence-electron chi connectivity index (χ3n) is 4.85. The Labute approximate surface area is 170 Å². The summed E-state index contributed by atoms with van der Waals surface area (Å²) in [6.07, 6.45) is 1.53. The summed E-state index contributed by atoms with van der Waals surface area (Å²) in [5.74, 6) is -1.04. The number of carbonyl (C=O) groups excluding carboxylic acids is 3. The summed E-state index contributed by atoms with van der Waals surface area (Å²) >= 11 is 0. The number of likely N-dealkylation sites (tertiary alicyclic amines) is 1. The minimum Gasteiger partial charge on any atom is -0.351 e. The summed E-state index contributed by atoms with van der Waals surface area (Å²) in [5, 5.41) is 10.0. The molecule has 1 aromatic carbocycles. The SMILES string of the molecule is Cc1cc(NC(=O)C(=O)N2CCC[C@@H](NC(=O)C(C)C)C2)n(-c2ccccc2)n1. The molecule has 3 amide bonds. The van der Waals surface area contributed by atoms with Gasteiger partial charge in [0.1, 0.15) is 5.82 Å². The Balaban J connectivity index is 1.67. The van der Waals surface area contributed by atoms with Crippen molar-refractivity contribution in [1.82, 2.24) is 20.0 Å². The van der Waals surface area contributed by atoms with E-state index in [9.17, 15) is 14.4 Å². The lowest BCUT2D eigenvalue weighted by atomic mass is 10.0. The Bertz CT molecular complexity index is 891. The number of anilines is 1. The summed E-state index contributed by atoms with van der Waals surface area (Å²) in [6, 6.07) is 11.0. The van der Waals surface area contributed by atoms with Gasteiger partial charge in [-0.15, -0.1) is 0 Å². The maximum atomic E-state index is 12.7. The first kappa shape index (κ1) is 20.6. The van der Waals surface area contributed by atoms with Crippen molar-refractivity contribution in [3.63, 3.8) is 0 Å². The summed E-state index contributed by atoms with van der Waals surface area (Å²) in [4.78, 5) is 38.7. The monoisotopic (exact) mass is 397 g/mol. The second-order valence-electron chi connectivity index (χ2n) is 7.63. The topological polar surface area (TPSA) is 96.3 Å². The predicted molar refractivity (Wildman–Crippen MR) is 110 cm³/mol. The van der Waals surface area contributed by atoms with Crippen LogP contribution in [0.1, 0.15) is 32.4 Å². The molecule has 1 fully saturated rings. The zero-order chi connectivity index (χ0) is 21.0. The lowest BCUT2D eigenvalue weighted by molar-refractivity contribution is -0.144. The van der Waals surface area contributed by atoms with Crippen LogP contribution in [0.2, 0.25) is 0 Å². The van der Waals surface area contributed by atoms with E-state index in [0.29, 0.717) is 18.9 Å². The number of nitrogens with zero attached hydrogens (tertiary/aromatic N) is 3. The number of benzene rings is 1. The molecule has 1 aromatic heterocycles. The first-order valence-electron chi connectivity index (χ1n) is 9.88. The molecule has 8 nitrogen and oxygen atoms in total. The van der Waals surface area contributed by atoms with Crippen LogP contribution >= 0.6 is 0 Å². The van der Waals surface area contributed by atoms with Crippen molar-refractivity contribution in [2.24, 2.45) is 5.92 Å². The van der Waals surface area contributed by atoms with Crippen LogP contribution in [0.5, 0.6) is 0 Å². The molecule has 0 bridgehead atoms. The maximum absolute atomic E-state index is 12.7. The Morgan fingerprint density at radius 1 is 1.17 bits per heavy atom. The van der Waals surface area contributed by atoms with E-state index in [0.717, 1.165) is 24.2 Å². The molecule has 1 saturated heterocycles. The molecule has 0 saturated carbocycles. The minimum absolute atomic E-state index is 0.0454. The van der Waals surface area contributed by atoms with E-state index in [1.54, 1.807) is 10.7 Å². The van der Waals surface area contributed by atoms with Crippen molar-refractivity contribution >= 4 is 23.5 Å². The molecule has 0 unspecified atom stereocenters. The molecule has 2 N–H and O–H groups in total. The highest BCUT2D eigenvalue weighted by Crippen LogP contribution is 2.18. The van der Waals surface area contributed by atoms with Gasteiger partial charge in [-0.25, -0.2) is 4.68 Å². The van der Waals surface area contributed by atoms with Gasteiger partial charge in [0.25, 0.3) is 0 Å². The Hall–Kier alpha value is -3.16. The lowest BCUT2D eigenvalue weighted by Crippen LogP contribution is -2.52. The van der Waals surface area contributed by atoms with E-state index in [1.807, 2.05) is 51.1 Å². The summed E-state index contributed by atoms with van der Waals surface area (Å²) in [6.45, 7) is 6.31. The molecule has 0 radical (unpaired) electrons. The largest absolute Gasteiger partial charge is 0.351 e. The molecule has 8 heteroatoms. The van der Waals surface area contributed by atoms with Crippen LogP contribution in [0, 0.1) is 12.8 Å². The highest BCUT2D eigenvalue weighted by molar-refractivity contribution is 6.39. The fourth-order valence-corrected chi connectivity index (χ4v) is 3.32. The van der Waals surface area contributed by atoms with Crippen LogP contribution in [-0.4, -0.2) is 51.5 Å². The van der Waals surface area contributed by atoms with Gasteiger partial charge in [-0.05, 0) is 31.9 Å². The van der Waals surface area contributed by atoms with Crippen molar-refractivity contribution in [1.29, 1.82) is 0 Å². The minimum atomic E-state index is -0.710. The number of carbonyl (C=O) groups is 3. The van der Waals surface area contributed by atoms with Gasteiger partial charge in [-0.2, -0.15) is 5.10 Å². The fraction of sp³-hybridized carbons (Fsp3) is 0.429. The van der Waals surface area contributed by atoms with Gasteiger partial charge >= 0.3 is 11.8 Å². The molecular formula is C21H27N5O3. The number of amides is 3. The van der Waals surface area contributed by atoms with Gasteiger partial charge < -0.3 is 15.5 Å². The van der Waals surface area contributed by atoms with Gasteiger partial charge in [0, 0.05) is 31.1 Å². The quantitative estimate of drug-likeness (QED) is 0.770. The second-order valence-corrected chi connectivity index (χ2v) is 7.63. The highest BCUT2D eigenvalue weighted by Gasteiger charge is 2.29. The first-order valence-corrected chi connectivity index (χ1v) is 9.88. The zero-order valence-electron chi connectivity index (χ0n) is 17.0. The van der Waals surface area contributed by atoms with Crippen molar-refractivity contribution in [3.8, 4) is 5.69 Å². The third-order valence-corrected chi connectivity index (χ3v) is 4.85. The van der Waals surface area contributed by atoms with Crippen molar-refractivity contribution in [3.05, 3.63) is 42.1 Å². The lowest BCUT2D eigenvalue weighted by Gasteiger charge is -2.33. The smallest absolute Gasteiger partial charge is 0.315 e. The molecule has 1 atom stereocenters. The van der Waals surface area contributed by atoms with Crippen LogP contribution in [0.25, 0.3) is 5.69 Å². The maximum Gasteiger partial charge on any atom is 0.315 e. The van der Waals surface area contributed by atoms with Gasteiger partial charge in [-0.1, -0.05) is 32.0 Å². The Morgan fingerprint density at radius 2 is 1.90 bits per heavy atom. The van der Waals surface area contributed by atoms with E-state index < -0.39 is 11.8 Å². The third kappa shape index (κ3) is 5.01. The van der Waals surface area contributed by atoms with Crippen LogP contribution in [0.3, 0.4) is 0 Å². The van der Waals surface area contributed by atoms with Crippen molar-refractivity contribution in [2.45, 2.75) is 39.7 Å². The molecule has 29 heavy (non-hydrogen) atoms. The van der Waals surface area contributed by atoms with E-state index >= 15 is 0 Å². The number of piperidine rings is 1. The fourth-order valence-electron chi connectivity index (χ4n) is 3.32. The molecule has 2 heterocycles. The molecule has 0 spiro atoms. The number of para-hydroxylation sites is 1. The average molecular weight is 397 g/mol. The molecule has 3 rings (SSSR count). The Morgan fingerprint density at radius 3 is 2.59 bits per heavy atom. The normalized spacial score (nSPS) is 16.6. The van der Waals surface area contributed by atoms with Crippen molar-refractivity contribution in [2.75, 3.05) is 18.4 Å². The van der Waals surface area contributed by atoms with Crippen LogP contribution in [-0.2, 0) is 14.4 Å². The number of aromatic nitrogens is 2. The number of aryl methyl sites for hydroxylation is 1. The first-order chi connectivity index (χ1) is 13.8. The molecular weight excluding hydrogens is 370 g/mol. The molecule has 1 aliphatic rings. The van der Waals surface area contributed by atoms with E-state index in [4.69, 9.17) is 0 Å². The van der Waals surface area contributed by atoms with Gasteiger partial charge in [0.15, 0.2) is 0 Å². The van der Waals surface area contributed by atoms with E-state index in [2.05, 4.69) is 15.7 Å². The molecule has 2 aromatic rings. The van der Waals surface area contributed by atoms with Gasteiger partial charge in [0.05, 0.1) is 11.4 Å². The molecule has 0 aliphatic carbocycles. The molecule has 1 aliphatic heterocycles. The number of nitrogens with one attached hydrogen (secondary N) is 2. The van der Waals surface area contributed by atoms with Crippen LogP contribution < -0.4 is 10.6 Å². The average Bonchev–Trinajstić information content (AvgIpc) is 3.08. The summed E-state index contributed by atoms with van der Waals surface area (Å²) in [5.41, 5.74) is 1.52. The standard InChI is InChI=1S/C21H27N5O3/c1-14(2)19(27)22-16-8-7-11-25(13-16)21(29)20(28)23-18-12-15(3)24-26(18)17-9-5-4-6-10-17/h4-6,9-10,12,14,16H,7-8,11,13H2,1-3H3,(H,22,27)(H,23,28)/t16-/m1/s1. The number of hydrogen-bond donors (Lipinski definition) is 2. The summed E-state index contributed by atoms with van der Waals surface area (Å²) < 4.78 is 1.60. The number of rotatable bonds is 4. The predicted octanol–water partition coefficient (Wildman–Crippen LogP) is 1.88. The van der Waals surface area contributed by atoms with Crippen molar-refractivity contribution < 1.29 is 14.4 Å². The zero-order valence-corrected chi connectivity index (χ0v) is 17.0. The Kier molecular flexibility index (Phi) is 6.31. The van der Waals surface area contributed by atoms with Crippen LogP contribution in [0.4, 0.5) is 5.82 Å². The molecule has 154 valence electrons.